The molecular weight excluding hydrogens is 250 g/mol. The summed E-state index contributed by atoms with van der Waals surface area (Å²) in [7, 11) is 0. The fraction of sp³-hybridized carbons (Fsp3) is 0.538. The predicted octanol–water partition coefficient (Wildman–Crippen LogP) is 2.79. The number of rotatable bonds is 3. The Hall–Kier alpha value is -1.29. The van der Waals surface area contributed by atoms with Crippen LogP contribution in [0.25, 0.3) is 0 Å². The Labute approximate surface area is 112 Å². The van der Waals surface area contributed by atoms with E-state index in [1.165, 1.54) is 0 Å². The SMILES string of the molecule is CCNc1ncc(C(=O)N2CCCC2C)cc1Cl. The van der Waals surface area contributed by atoms with Gasteiger partial charge in [0.1, 0.15) is 5.82 Å². The van der Waals surface area contributed by atoms with Crippen molar-refractivity contribution in [1.82, 2.24) is 9.88 Å². The van der Waals surface area contributed by atoms with Gasteiger partial charge in [-0.15, -0.1) is 0 Å². The molecule has 1 aliphatic rings. The Morgan fingerprint density at radius 2 is 2.44 bits per heavy atom. The van der Waals surface area contributed by atoms with Crippen LogP contribution < -0.4 is 5.32 Å². The number of carbonyl (C=O) groups is 1. The summed E-state index contributed by atoms with van der Waals surface area (Å²) >= 11 is 6.10. The van der Waals surface area contributed by atoms with Gasteiger partial charge in [0, 0.05) is 25.3 Å². The maximum Gasteiger partial charge on any atom is 0.255 e. The molecule has 0 spiro atoms. The number of amides is 1. The molecule has 0 bridgehead atoms. The summed E-state index contributed by atoms with van der Waals surface area (Å²) in [5.41, 5.74) is 0.565. The summed E-state index contributed by atoms with van der Waals surface area (Å²) < 4.78 is 0. The second-order valence-corrected chi connectivity index (χ2v) is 4.98. The van der Waals surface area contributed by atoms with E-state index in [4.69, 9.17) is 11.6 Å². The number of anilines is 1. The summed E-state index contributed by atoms with van der Waals surface area (Å²) in [6.45, 7) is 5.63. The summed E-state index contributed by atoms with van der Waals surface area (Å²) in [6.07, 6.45) is 3.74. The van der Waals surface area contributed by atoms with E-state index in [2.05, 4.69) is 17.2 Å². The first kappa shape index (κ1) is 13.1. The number of likely N-dealkylation sites (tertiary alicyclic amines) is 1. The average molecular weight is 268 g/mol. The Morgan fingerprint density at radius 3 is 3.00 bits per heavy atom. The normalized spacial score (nSPS) is 19.1. The lowest BCUT2D eigenvalue weighted by Gasteiger charge is -2.21. The highest BCUT2D eigenvalue weighted by Crippen LogP contribution is 2.23. The van der Waals surface area contributed by atoms with Gasteiger partial charge in [-0.3, -0.25) is 4.79 Å². The van der Waals surface area contributed by atoms with Crippen LogP contribution in [0.3, 0.4) is 0 Å². The van der Waals surface area contributed by atoms with E-state index in [0.717, 1.165) is 25.9 Å². The lowest BCUT2D eigenvalue weighted by Crippen LogP contribution is -2.33. The van der Waals surface area contributed by atoms with Crippen LogP contribution in [0.1, 0.15) is 37.0 Å². The molecular formula is C13H18ClN3O. The third kappa shape index (κ3) is 2.58. The molecule has 1 N–H and O–H groups in total. The largest absolute Gasteiger partial charge is 0.369 e. The predicted molar refractivity (Wildman–Crippen MR) is 73.1 cm³/mol. The molecule has 4 nitrogen and oxygen atoms in total. The van der Waals surface area contributed by atoms with Crippen molar-refractivity contribution in [1.29, 1.82) is 0 Å². The molecule has 0 saturated carbocycles. The van der Waals surface area contributed by atoms with Gasteiger partial charge in [-0.25, -0.2) is 4.98 Å². The topological polar surface area (TPSA) is 45.2 Å². The molecule has 98 valence electrons. The Morgan fingerprint density at radius 1 is 1.67 bits per heavy atom. The third-order valence-corrected chi connectivity index (χ3v) is 3.53. The molecule has 1 amide bonds. The van der Waals surface area contributed by atoms with Crippen molar-refractivity contribution in [3.05, 3.63) is 22.8 Å². The number of aromatic nitrogens is 1. The monoisotopic (exact) mass is 267 g/mol. The molecule has 0 aromatic carbocycles. The fourth-order valence-electron chi connectivity index (χ4n) is 2.25. The van der Waals surface area contributed by atoms with Gasteiger partial charge in [0.2, 0.25) is 0 Å². The Balaban J connectivity index is 2.18. The van der Waals surface area contributed by atoms with Crippen LogP contribution >= 0.6 is 11.6 Å². The maximum atomic E-state index is 12.3. The summed E-state index contributed by atoms with van der Waals surface area (Å²) in [5, 5.41) is 3.55. The van der Waals surface area contributed by atoms with Gasteiger partial charge in [0.05, 0.1) is 10.6 Å². The number of pyridine rings is 1. The summed E-state index contributed by atoms with van der Waals surface area (Å²) in [6, 6.07) is 2.00. The molecule has 1 aliphatic heterocycles. The molecule has 1 fully saturated rings. The number of hydrogen-bond donors (Lipinski definition) is 1. The minimum absolute atomic E-state index is 0.0254. The zero-order chi connectivity index (χ0) is 13.1. The van der Waals surface area contributed by atoms with Gasteiger partial charge >= 0.3 is 0 Å². The van der Waals surface area contributed by atoms with Gasteiger partial charge in [-0.05, 0) is 32.8 Å². The van der Waals surface area contributed by atoms with Crippen LogP contribution in [0.4, 0.5) is 5.82 Å². The van der Waals surface area contributed by atoms with E-state index in [-0.39, 0.29) is 5.91 Å². The molecule has 2 rings (SSSR count). The van der Waals surface area contributed by atoms with Crippen LogP contribution in [0.15, 0.2) is 12.3 Å². The van der Waals surface area contributed by atoms with E-state index in [1.54, 1.807) is 12.3 Å². The summed E-state index contributed by atoms with van der Waals surface area (Å²) in [4.78, 5) is 18.4. The highest BCUT2D eigenvalue weighted by atomic mass is 35.5. The standard InChI is InChI=1S/C13H18ClN3O/c1-3-15-12-11(14)7-10(8-16-12)13(18)17-6-4-5-9(17)2/h7-9H,3-6H2,1-2H3,(H,15,16). The highest BCUT2D eigenvalue weighted by molar-refractivity contribution is 6.33. The van der Waals surface area contributed by atoms with E-state index < -0.39 is 0 Å². The lowest BCUT2D eigenvalue weighted by molar-refractivity contribution is 0.0747. The molecule has 1 aromatic heterocycles. The minimum Gasteiger partial charge on any atom is -0.369 e. The van der Waals surface area contributed by atoms with Gasteiger partial charge < -0.3 is 10.2 Å². The maximum absolute atomic E-state index is 12.3. The Kier molecular flexibility index (Phi) is 4.07. The van der Waals surface area contributed by atoms with E-state index in [1.807, 2.05) is 11.8 Å². The van der Waals surface area contributed by atoms with Gasteiger partial charge in [0.25, 0.3) is 5.91 Å². The number of hydrogen-bond acceptors (Lipinski definition) is 3. The van der Waals surface area contributed by atoms with Crippen LogP contribution in [0, 0.1) is 0 Å². The Bertz CT molecular complexity index is 450. The molecule has 0 radical (unpaired) electrons. The van der Waals surface area contributed by atoms with Gasteiger partial charge in [-0.1, -0.05) is 11.6 Å². The van der Waals surface area contributed by atoms with Crippen LogP contribution in [-0.4, -0.2) is 34.9 Å². The molecule has 18 heavy (non-hydrogen) atoms. The molecule has 1 atom stereocenters. The molecule has 1 unspecified atom stereocenters. The first-order valence-corrected chi connectivity index (χ1v) is 6.71. The van der Waals surface area contributed by atoms with Crippen molar-refractivity contribution in [3.63, 3.8) is 0 Å². The number of nitrogens with zero attached hydrogens (tertiary/aromatic N) is 2. The summed E-state index contributed by atoms with van der Waals surface area (Å²) in [5.74, 6) is 0.655. The zero-order valence-corrected chi connectivity index (χ0v) is 11.5. The number of halogens is 1. The minimum atomic E-state index is 0.0254. The zero-order valence-electron chi connectivity index (χ0n) is 10.7. The van der Waals surface area contributed by atoms with Crippen LogP contribution in [0.2, 0.25) is 5.02 Å². The van der Waals surface area contributed by atoms with Crippen molar-refractivity contribution in [2.75, 3.05) is 18.4 Å². The second kappa shape index (κ2) is 5.57. The molecule has 1 saturated heterocycles. The molecule has 1 aromatic rings. The molecule has 5 heteroatoms. The first-order valence-electron chi connectivity index (χ1n) is 6.34. The average Bonchev–Trinajstić information content (AvgIpc) is 2.77. The first-order chi connectivity index (χ1) is 8.63. The lowest BCUT2D eigenvalue weighted by atomic mass is 10.2. The third-order valence-electron chi connectivity index (χ3n) is 3.25. The quantitative estimate of drug-likeness (QED) is 0.916. The molecule has 2 heterocycles. The highest BCUT2D eigenvalue weighted by Gasteiger charge is 2.26. The van der Waals surface area contributed by atoms with Crippen LogP contribution in [-0.2, 0) is 0 Å². The second-order valence-electron chi connectivity index (χ2n) is 4.57. The number of nitrogens with one attached hydrogen (secondary N) is 1. The van der Waals surface area contributed by atoms with Gasteiger partial charge in [-0.2, -0.15) is 0 Å². The fourth-order valence-corrected chi connectivity index (χ4v) is 2.49. The molecule has 0 aliphatic carbocycles. The van der Waals surface area contributed by atoms with Crippen LogP contribution in [0.5, 0.6) is 0 Å². The van der Waals surface area contributed by atoms with Gasteiger partial charge in [0.15, 0.2) is 0 Å². The van der Waals surface area contributed by atoms with E-state index >= 15 is 0 Å². The number of carbonyl (C=O) groups excluding carboxylic acids is 1. The van der Waals surface area contributed by atoms with Crippen molar-refractivity contribution in [2.24, 2.45) is 0 Å². The van der Waals surface area contributed by atoms with E-state index in [0.29, 0.717) is 22.4 Å². The van der Waals surface area contributed by atoms with Crippen molar-refractivity contribution in [2.45, 2.75) is 32.7 Å². The van der Waals surface area contributed by atoms with Crippen molar-refractivity contribution >= 4 is 23.3 Å². The smallest absolute Gasteiger partial charge is 0.255 e. The van der Waals surface area contributed by atoms with E-state index in [9.17, 15) is 4.79 Å². The van der Waals surface area contributed by atoms with Crippen molar-refractivity contribution < 1.29 is 4.79 Å². The van der Waals surface area contributed by atoms with Crippen molar-refractivity contribution in [3.8, 4) is 0 Å².